The van der Waals surface area contributed by atoms with Gasteiger partial charge in [0.15, 0.2) is 5.96 Å². The van der Waals surface area contributed by atoms with Gasteiger partial charge in [0.1, 0.15) is 12.4 Å². The van der Waals surface area contributed by atoms with Crippen molar-refractivity contribution >= 4 is 17.3 Å². The van der Waals surface area contributed by atoms with E-state index in [1.807, 2.05) is 12.1 Å². The van der Waals surface area contributed by atoms with Crippen LogP contribution in [0.3, 0.4) is 0 Å². The van der Waals surface area contributed by atoms with Crippen LogP contribution in [0.25, 0.3) is 0 Å². The zero-order chi connectivity index (χ0) is 17.3. The second kappa shape index (κ2) is 9.49. The van der Waals surface area contributed by atoms with Crippen LogP contribution in [0, 0.1) is 0 Å². The lowest BCUT2D eigenvalue weighted by Crippen LogP contribution is -2.43. The minimum absolute atomic E-state index is 0.0813. The molecule has 0 aliphatic heterocycles. The second-order valence-electron chi connectivity index (χ2n) is 6.20. The Morgan fingerprint density at radius 3 is 2.83 bits per heavy atom. The van der Waals surface area contributed by atoms with Crippen molar-refractivity contribution in [3.8, 4) is 0 Å². The van der Waals surface area contributed by atoms with Crippen LogP contribution in [0.1, 0.15) is 30.9 Å². The molecule has 2 rings (SSSR count). The molecule has 0 saturated carbocycles. The number of hydrogen-bond acceptors (Lipinski definition) is 4. The first-order chi connectivity index (χ1) is 11.6. The first kappa shape index (κ1) is 18.5. The highest BCUT2D eigenvalue weighted by molar-refractivity contribution is 7.10. The molecule has 0 saturated heterocycles. The van der Waals surface area contributed by atoms with E-state index in [-0.39, 0.29) is 5.41 Å². The van der Waals surface area contributed by atoms with Gasteiger partial charge in [-0.25, -0.2) is 0 Å². The molecule has 2 N–H and O–H groups in total. The minimum Gasteiger partial charge on any atom is -0.467 e. The zero-order valence-corrected chi connectivity index (χ0v) is 15.5. The van der Waals surface area contributed by atoms with Gasteiger partial charge in [0.2, 0.25) is 0 Å². The molecule has 0 radical (unpaired) electrons. The van der Waals surface area contributed by atoms with E-state index in [1.165, 1.54) is 4.88 Å². The van der Waals surface area contributed by atoms with Crippen LogP contribution in [-0.2, 0) is 16.8 Å². The molecule has 5 nitrogen and oxygen atoms in total. The van der Waals surface area contributed by atoms with Gasteiger partial charge < -0.3 is 19.8 Å². The molecular formula is C18H27N3O2S. The summed E-state index contributed by atoms with van der Waals surface area (Å²) in [6.07, 6.45) is 2.57. The maximum Gasteiger partial charge on any atom is 0.191 e. The topological polar surface area (TPSA) is 58.8 Å². The number of nitrogens with one attached hydrogen (secondary N) is 2. The van der Waals surface area contributed by atoms with Crippen LogP contribution in [0.5, 0.6) is 0 Å². The van der Waals surface area contributed by atoms with Crippen LogP contribution in [0.2, 0.25) is 0 Å². The van der Waals surface area contributed by atoms with Crippen molar-refractivity contribution in [2.75, 3.05) is 26.7 Å². The van der Waals surface area contributed by atoms with E-state index in [9.17, 15) is 0 Å². The number of aliphatic imine (C=N–C) groups is 1. The molecule has 0 unspecified atom stereocenters. The van der Waals surface area contributed by atoms with Gasteiger partial charge in [-0.3, -0.25) is 4.99 Å². The first-order valence-electron chi connectivity index (χ1n) is 8.20. The van der Waals surface area contributed by atoms with Gasteiger partial charge in [0.25, 0.3) is 0 Å². The summed E-state index contributed by atoms with van der Waals surface area (Å²) in [5.41, 5.74) is 0.0813. The molecular weight excluding hydrogens is 322 g/mol. The zero-order valence-electron chi connectivity index (χ0n) is 14.7. The summed E-state index contributed by atoms with van der Waals surface area (Å²) in [7, 11) is 1.79. The van der Waals surface area contributed by atoms with Gasteiger partial charge in [-0.15, -0.1) is 11.3 Å². The fraction of sp³-hybridized carbons (Fsp3) is 0.500. The van der Waals surface area contributed by atoms with Crippen molar-refractivity contribution in [2.45, 2.75) is 32.3 Å². The van der Waals surface area contributed by atoms with Crippen molar-refractivity contribution in [3.05, 3.63) is 46.5 Å². The van der Waals surface area contributed by atoms with E-state index in [2.05, 4.69) is 47.0 Å². The van der Waals surface area contributed by atoms with E-state index in [4.69, 9.17) is 9.15 Å². The Hall–Kier alpha value is -1.79. The van der Waals surface area contributed by atoms with E-state index in [0.717, 1.165) is 31.2 Å². The van der Waals surface area contributed by atoms with Crippen LogP contribution in [0.15, 0.2) is 45.3 Å². The quantitative estimate of drug-likeness (QED) is 0.414. The highest BCUT2D eigenvalue weighted by Gasteiger charge is 2.21. The summed E-state index contributed by atoms with van der Waals surface area (Å²) in [5.74, 6) is 1.68. The summed E-state index contributed by atoms with van der Waals surface area (Å²) < 4.78 is 10.8. The lowest BCUT2D eigenvalue weighted by molar-refractivity contribution is 0.105. The molecule has 0 bridgehead atoms. The number of guanidine groups is 1. The lowest BCUT2D eigenvalue weighted by Gasteiger charge is -2.25. The normalized spacial score (nSPS) is 12.4. The maximum atomic E-state index is 5.56. The molecule has 2 aromatic rings. The van der Waals surface area contributed by atoms with Crippen molar-refractivity contribution in [1.29, 1.82) is 0 Å². The predicted octanol–water partition coefficient (Wildman–Crippen LogP) is 3.39. The maximum absolute atomic E-state index is 5.56. The van der Waals surface area contributed by atoms with Gasteiger partial charge in [-0.1, -0.05) is 19.9 Å². The molecule has 2 heterocycles. The largest absolute Gasteiger partial charge is 0.467 e. The summed E-state index contributed by atoms with van der Waals surface area (Å²) in [6, 6.07) is 8.06. The van der Waals surface area contributed by atoms with Crippen molar-refractivity contribution < 1.29 is 9.15 Å². The highest BCUT2D eigenvalue weighted by Crippen LogP contribution is 2.26. The van der Waals surface area contributed by atoms with Gasteiger partial charge in [0.05, 0.1) is 6.26 Å². The Balaban J connectivity index is 1.60. The molecule has 0 aliphatic rings. The second-order valence-corrected chi connectivity index (χ2v) is 7.15. The number of furan rings is 1. The first-order valence-corrected chi connectivity index (χ1v) is 9.08. The number of hydrogen-bond donors (Lipinski definition) is 2. The molecule has 0 amide bonds. The Kier molecular flexibility index (Phi) is 7.34. The molecule has 0 spiro atoms. The molecule has 0 atom stereocenters. The van der Waals surface area contributed by atoms with Crippen LogP contribution in [-0.4, -0.2) is 32.7 Å². The van der Waals surface area contributed by atoms with E-state index >= 15 is 0 Å². The minimum atomic E-state index is 0.0813. The Morgan fingerprint density at radius 2 is 2.17 bits per heavy atom. The number of nitrogens with zero attached hydrogens (tertiary/aromatic N) is 1. The third-order valence-electron chi connectivity index (χ3n) is 3.69. The number of thiophene rings is 1. The van der Waals surface area contributed by atoms with Gasteiger partial charge >= 0.3 is 0 Å². The molecule has 132 valence electrons. The third kappa shape index (κ3) is 6.02. The fourth-order valence-corrected chi connectivity index (χ4v) is 3.08. The average Bonchev–Trinajstić information content (AvgIpc) is 3.27. The molecule has 0 aliphatic carbocycles. The standard InChI is InChI=1S/C18H27N3O2S/c1-18(2,16-8-5-12-24-16)14-21-17(19-3)20-9-6-10-22-13-15-7-4-11-23-15/h4-5,7-8,11-12H,6,9-10,13-14H2,1-3H3,(H2,19,20,21). The Bertz CT molecular complexity index is 592. The van der Waals surface area contributed by atoms with Gasteiger partial charge in [0, 0.05) is 37.0 Å². The fourth-order valence-electron chi connectivity index (χ4n) is 2.22. The summed E-state index contributed by atoms with van der Waals surface area (Å²) in [6.45, 7) is 7.34. The van der Waals surface area contributed by atoms with Crippen LogP contribution in [0.4, 0.5) is 0 Å². The van der Waals surface area contributed by atoms with Crippen molar-refractivity contribution in [2.24, 2.45) is 4.99 Å². The monoisotopic (exact) mass is 349 g/mol. The number of rotatable bonds is 9. The summed E-state index contributed by atoms with van der Waals surface area (Å²) in [5, 5.41) is 8.84. The number of ether oxygens (including phenoxy) is 1. The van der Waals surface area contributed by atoms with Gasteiger partial charge in [-0.2, -0.15) is 0 Å². The highest BCUT2D eigenvalue weighted by atomic mass is 32.1. The molecule has 2 aromatic heterocycles. The SMILES string of the molecule is CN=C(NCCCOCc1ccco1)NCC(C)(C)c1cccs1. The van der Waals surface area contributed by atoms with Gasteiger partial charge in [-0.05, 0) is 30.0 Å². The third-order valence-corrected chi connectivity index (χ3v) is 4.93. The smallest absolute Gasteiger partial charge is 0.191 e. The average molecular weight is 350 g/mol. The lowest BCUT2D eigenvalue weighted by atomic mass is 9.91. The Morgan fingerprint density at radius 1 is 1.29 bits per heavy atom. The molecule has 0 fully saturated rings. The molecule has 0 aromatic carbocycles. The van der Waals surface area contributed by atoms with E-state index in [1.54, 1.807) is 24.6 Å². The van der Waals surface area contributed by atoms with E-state index in [0.29, 0.717) is 13.2 Å². The molecule has 6 heteroatoms. The van der Waals surface area contributed by atoms with Crippen LogP contribution >= 0.6 is 11.3 Å². The Labute approximate surface area is 148 Å². The van der Waals surface area contributed by atoms with E-state index < -0.39 is 0 Å². The van der Waals surface area contributed by atoms with Crippen LogP contribution < -0.4 is 10.6 Å². The summed E-state index contributed by atoms with van der Waals surface area (Å²) >= 11 is 1.79. The van der Waals surface area contributed by atoms with Crippen molar-refractivity contribution in [3.63, 3.8) is 0 Å². The summed E-state index contributed by atoms with van der Waals surface area (Å²) in [4.78, 5) is 5.64. The molecule has 24 heavy (non-hydrogen) atoms. The predicted molar refractivity (Wildman–Crippen MR) is 99.7 cm³/mol. The van der Waals surface area contributed by atoms with Crippen molar-refractivity contribution in [1.82, 2.24) is 10.6 Å².